The van der Waals surface area contributed by atoms with Gasteiger partial charge in [0.2, 0.25) is 0 Å². The zero-order valence-electron chi connectivity index (χ0n) is 11.9. The number of carbonyl (C=O) groups excluding carboxylic acids is 1. The number of allylic oxidation sites excluding steroid dienone is 2. The Labute approximate surface area is 134 Å². The first-order valence-corrected chi connectivity index (χ1v) is 7.53. The number of ketones is 1. The Kier molecular flexibility index (Phi) is 4.09. The lowest BCUT2D eigenvalue weighted by Crippen LogP contribution is -2.12. The molecule has 1 atom stereocenters. The highest BCUT2D eigenvalue weighted by Crippen LogP contribution is 2.36. The van der Waals surface area contributed by atoms with Gasteiger partial charge in [0.05, 0.1) is 11.6 Å². The minimum atomic E-state index is 0.144. The van der Waals surface area contributed by atoms with Gasteiger partial charge in [0.1, 0.15) is 0 Å². The van der Waals surface area contributed by atoms with Crippen molar-refractivity contribution in [2.75, 3.05) is 0 Å². The van der Waals surface area contributed by atoms with Crippen LogP contribution in [-0.4, -0.2) is 5.78 Å². The van der Waals surface area contributed by atoms with Gasteiger partial charge in [-0.05, 0) is 59.4 Å². The van der Waals surface area contributed by atoms with Crippen molar-refractivity contribution < 1.29 is 4.79 Å². The highest BCUT2D eigenvalue weighted by atomic mass is 35.5. The quantitative estimate of drug-likeness (QED) is 0.804. The summed E-state index contributed by atoms with van der Waals surface area (Å²) in [5.74, 6) is 0.325. The van der Waals surface area contributed by atoms with E-state index in [9.17, 15) is 4.79 Å². The van der Waals surface area contributed by atoms with Crippen molar-refractivity contribution in [1.29, 1.82) is 5.26 Å². The van der Waals surface area contributed by atoms with Crippen LogP contribution < -0.4 is 0 Å². The second-order valence-corrected chi connectivity index (χ2v) is 5.92. The molecule has 2 aromatic rings. The zero-order chi connectivity index (χ0) is 15.5. The maximum absolute atomic E-state index is 12.1. The van der Waals surface area contributed by atoms with Gasteiger partial charge < -0.3 is 0 Å². The van der Waals surface area contributed by atoms with Crippen LogP contribution in [0.3, 0.4) is 0 Å². The summed E-state index contributed by atoms with van der Waals surface area (Å²) in [5.41, 5.74) is 3.80. The molecule has 1 aliphatic carbocycles. The molecule has 0 aliphatic heterocycles. The van der Waals surface area contributed by atoms with E-state index in [0.717, 1.165) is 23.1 Å². The zero-order valence-corrected chi connectivity index (χ0v) is 12.7. The van der Waals surface area contributed by atoms with Crippen molar-refractivity contribution in [2.24, 2.45) is 0 Å². The van der Waals surface area contributed by atoms with Crippen LogP contribution in [0.15, 0.2) is 54.6 Å². The van der Waals surface area contributed by atoms with Crippen molar-refractivity contribution in [3.8, 4) is 6.07 Å². The van der Waals surface area contributed by atoms with E-state index in [1.165, 1.54) is 0 Å². The fraction of sp³-hybridized carbons (Fsp3) is 0.158. The molecule has 0 saturated heterocycles. The SMILES string of the molecule is N#Cc1ccc(C2=CC(=O)C[C@H](c3ccc(Cl)cc3)C2)cc1. The number of hydrogen-bond acceptors (Lipinski definition) is 2. The Morgan fingerprint density at radius 1 is 1.00 bits per heavy atom. The molecule has 2 nitrogen and oxygen atoms in total. The first-order valence-electron chi connectivity index (χ1n) is 7.15. The van der Waals surface area contributed by atoms with Crippen molar-refractivity contribution in [1.82, 2.24) is 0 Å². The maximum Gasteiger partial charge on any atom is 0.156 e. The summed E-state index contributed by atoms with van der Waals surface area (Å²) in [4.78, 5) is 12.1. The van der Waals surface area contributed by atoms with Gasteiger partial charge in [-0.25, -0.2) is 0 Å². The number of carbonyl (C=O) groups is 1. The standard InChI is InChI=1S/C19H14ClNO/c20-18-7-5-15(6-8-18)17-9-16(10-19(22)11-17)14-3-1-13(12-21)2-4-14/h1-8,10,17H,9,11H2/t17-/m1/s1. The number of hydrogen-bond donors (Lipinski definition) is 0. The summed E-state index contributed by atoms with van der Waals surface area (Å²) < 4.78 is 0. The summed E-state index contributed by atoms with van der Waals surface area (Å²) in [7, 11) is 0. The van der Waals surface area contributed by atoms with Crippen LogP contribution in [0.2, 0.25) is 5.02 Å². The third-order valence-electron chi connectivity index (χ3n) is 3.98. The molecule has 0 heterocycles. The molecule has 2 aromatic carbocycles. The lowest BCUT2D eigenvalue weighted by molar-refractivity contribution is -0.115. The number of nitriles is 1. The molecule has 1 aliphatic rings. The number of benzene rings is 2. The topological polar surface area (TPSA) is 40.9 Å². The molecule has 0 fully saturated rings. The summed E-state index contributed by atoms with van der Waals surface area (Å²) in [5, 5.41) is 9.57. The van der Waals surface area contributed by atoms with E-state index in [1.807, 2.05) is 36.4 Å². The smallest absolute Gasteiger partial charge is 0.156 e. The lowest BCUT2D eigenvalue weighted by Gasteiger charge is -2.22. The van der Waals surface area contributed by atoms with Gasteiger partial charge in [-0.1, -0.05) is 35.9 Å². The van der Waals surface area contributed by atoms with E-state index in [1.54, 1.807) is 18.2 Å². The number of rotatable bonds is 2. The van der Waals surface area contributed by atoms with Crippen molar-refractivity contribution in [3.63, 3.8) is 0 Å². The first kappa shape index (κ1) is 14.6. The van der Waals surface area contributed by atoms with Crippen LogP contribution in [0.1, 0.15) is 35.4 Å². The molecule has 0 aromatic heterocycles. The Morgan fingerprint density at radius 2 is 1.68 bits per heavy atom. The third-order valence-corrected chi connectivity index (χ3v) is 4.23. The molecule has 0 bridgehead atoms. The number of nitrogens with zero attached hydrogens (tertiary/aromatic N) is 1. The molecular weight excluding hydrogens is 294 g/mol. The molecule has 0 N–H and O–H groups in total. The molecule has 0 radical (unpaired) electrons. The Morgan fingerprint density at radius 3 is 2.32 bits per heavy atom. The average Bonchev–Trinajstić information content (AvgIpc) is 2.55. The van der Waals surface area contributed by atoms with Gasteiger partial charge in [-0.3, -0.25) is 4.79 Å². The fourth-order valence-electron chi connectivity index (χ4n) is 2.82. The second kappa shape index (κ2) is 6.17. The highest BCUT2D eigenvalue weighted by molar-refractivity contribution is 6.30. The summed E-state index contributed by atoms with van der Waals surface area (Å²) in [6.07, 6.45) is 3.08. The molecule has 0 amide bonds. The average molecular weight is 308 g/mol. The molecule has 22 heavy (non-hydrogen) atoms. The summed E-state index contributed by atoms with van der Waals surface area (Å²) >= 11 is 5.93. The first-order chi connectivity index (χ1) is 10.7. The van der Waals surface area contributed by atoms with Gasteiger partial charge in [0, 0.05) is 11.4 Å². The van der Waals surface area contributed by atoms with Crippen LogP contribution in [0, 0.1) is 11.3 Å². The molecular formula is C19H14ClNO. The molecule has 3 heteroatoms. The third kappa shape index (κ3) is 3.10. The molecule has 0 saturated carbocycles. The molecule has 0 unspecified atom stereocenters. The van der Waals surface area contributed by atoms with E-state index >= 15 is 0 Å². The Bertz CT molecular complexity index is 767. The number of halogens is 1. The second-order valence-electron chi connectivity index (χ2n) is 5.48. The predicted octanol–water partition coefficient (Wildman–Crippen LogP) is 4.74. The maximum atomic E-state index is 12.1. The Hall–Kier alpha value is -2.37. The van der Waals surface area contributed by atoms with Gasteiger partial charge in [-0.2, -0.15) is 5.26 Å². The summed E-state index contributed by atoms with van der Waals surface area (Å²) in [6, 6.07) is 17.2. The van der Waals surface area contributed by atoms with Crippen molar-refractivity contribution in [3.05, 3.63) is 76.3 Å². The minimum Gasteiger partial charge on any atom is -0.295 e. The van der Waals surface area contributed by atoms with Gasteiger partial charge in [0.25, 0.3) is 0 Å². The normalized spacial score (nSPS) is 17.7. The van der Waals surface area contributed by atoms with E-state index in [0.29, 0.717) is 17.0 Å². The van der Waals surface area contributed by atoms with Crippen LogP contribution in [0.25, 0.3) is 5.57 Å². The van der Waals surface area contributed by atoms with E-state index < -0.39 is 0 Å². The Balaban J connectivity index is 1.87. The van der Waals surface area contributed by atoms with Gasteiger partial charge in [0.15, 0.2) is 5.78 Å². The van der Waals surface area contributed by atoms with E-state index in [2.05, 4.69) is 6.07 Å². The summed E-state index contributed by atoms with van der Waals surface area (Å²) in [6.45, 7) is 0. The van der Waals surface area contributed by atoms with E-state index in [-0.39, 0.29) is 11.7 Å². The minimum absolute atomic E-state index is 0.144. The van der Waals surface area contributed by atoms with Gasteiger partial charge in [-0.15, -0.1) is 0 Å². The van der Waals surface area contributed by atoms with Crippen molar-refractivity contribution >= 4 is 23.0 Å². The van der Waals surface area contributed by atoms with Crippen LogP contribution >= 0.6 is 11.6 Å². The lowest BCUT2D eigenvalue weighted by atomic mass is 9.81. The van der Waals surface area contributed by atoms with Crippen LogP contribution in [0.4, 0.5) is 0 Å². The highest BCUT2D eigenvalue weighted by Gasteiger charge is 2.22. The molecule has 0 spiro atoms. The fourth-order valence-corrected chi connectivity index (χ4v) is 2.95. The molecule has 108 valence electrons. The predicted molar refractivity (Wildman–Crippen MR) is 87.6 cm³/mol. The monoisotopic (exact) mass is 307 g/mol. The van der Waals surface area contributed by atoms with Crippen LogP contribution in [0.5, 0.6) is 0 Å². The van der Waals surface area contributed by atoms with Gasteiger partial charge >= 0.3 is 0 Å². The van der Waals surface area contributed by atoms with Crippen LogP contribution in [-0.2, 0) is 4.79 Å². The largest absolute Gasteiger partial charge is 0.295 e. The van der Waals surface area contributed by atoms with Crippen molar-refractivity contribution in [2.45, 2.75) is 18.8 Å². The molecule has 3 rings (SSSR count). The van der Waals surface area contributed by atoms with E-state index in [4.69, 9.17) is 16.9 Å².